The number of carbonyl (C=O) groups is 2. The highest BCUT2D eigenvalue weighted by Gasteiger charge is 2.24. The standard InChI is InChI=1S/C13H24N2O3/c1-6-7-15(10(4)5)13(18)14-11(12(16)17)8-9(2)3/h6,9-11H,1,7-8H2,2-5H3,(H,14,18)(H,16,17)/t11-/m1/s1. The first kappa shape index (κ1) is 16.5. The van der Waals surface area contributed by atoms with Crippen LogP contribution in [0.4, 0.5) is 4.79 Å². The van der Waals surface area contributed by atoms with Crippen LogP contribution in [-0.4, -0.2) is 40.6 Å². The Kier molecular flexibility index (Phi) is 7.08. The maximum Gasteiger partial charge on any atom is 0.326 e. The predicted molar refractivity (Wildman–Crippen MR) is 71.4 cm³/mol. The molecule has 18 heavy (non-hydrogen) atoms. The molecule has 0 radical (unpaired) electrons. The zero-order chi connectivity index (χ0) is 14.3. The van der Waals surface area contributed by atoms with Gasteiger partial charge in [-0.3, -0.25) is 0 Å². The zero-order valence-electron chi connectivity index (χ0n) is 11.6. The summed E-state index contributed by atoms with van der Waals surface area (Å²) in [5, 5.41) is 11.6. The van der Waals surface area contributed by atoms with Crippen LogP contribution < -0.4 is 5.32 Å². The minimum atomic E-state index is -1.00. The molecule has 0 aromatic rings. The minimum absolute atomic E-state index is 0.00325. The summed E-state index contributed by atoms with van der Waals surface area (Å²) < 4.78 is 0. The summed E-state index contributed by atoms with van der Waals surface area (Å²) in [6.07, 6.45) is 2.04. The Hall–Kier alpha value is -1.52. The minimum Gasteiger partial charge on any atom is -0.480 e. The van der Waals surface area contributed by atoms with Crippen molar-refractivity contribution in [3.8, 4) is 0 Å². The normalized spacial score (nSPS) is 12.3. The summed E-state index contributed by atoms with van der Waals surface area (Å²) in [5.74, 6) is -0.794. The number of amides is 2. The van der Waals surface area contributed by atoms with Crippen LogP contribution >= 0.6 is 0 Å². The van der Waals surface area contributed by atoms with Crippen LogP contribution in [0, 0.1) is 5.92 Å². The maximum absolute atomic E-state index is 12.0. The van der Waals surface area contributed by atoms with Crippen molar-refractivity contribution < 1.29 is 14.7 Å². The number of carbonyl (C=O) groups excluding carboxylic acids is 1. The monoisotopic (exact) mass is 256 g/mol. The lowest BCUT2D eigenvalue weighted by Gasteiger charge is -2.27. The van der Waals surface area contributed by atoms with E-state index in [2.05, 4.69) is 11.9 Å². The topological polar surface area (TPSA) is 69.6 Å². The number of hydrogen-bond acceptors (Lipinski definition) is 2. The Bertz CT molecular complexity index is 301. The first-order valence-corrected chi connectivity index (χ1v) is 6.20. The second-order valence-electron chi connectivity index (χ2n) is 5.00. The molecule has 0 spiro atoms. The highest BCUT2D eigenvalue weighted by Crippen LogP contribution is 2.07. The van der Waals surface area contributed by atoms with E-state index in [4.69, 9.17) is 5.11 Å². The van der Waals surface area contributed by atoms with E-state index >= 15 is 0 Å². The van der Waals surface area contributed by atoms with Crippen molar-refractivity contribution in [2.75, 3.05) is 6.54 Å². The molecule has 0 bridgehead atoms. The van der Waals surface area contributed by atoms with E-state index in [1.807, 2.05) is 27.7 Å². The number of nitrogens with one attached hydrogen (secondary N) is 1. The molecule has 2 amide bonds. The molecule has 0 rings (SSSR count). The lowest BCUT2D eigenvalue weighted by Crippen LogP contribution is -2.50. The van der Waals surface area contributed by atoms with E-state index in [9.17, 15) is 9.59 Å². The van der Waals surface area contributed by atoms with Gasteiger partial charge in [-0.25, -0.2) is 9.59 Å². The van der Waals surface area contributed by atoms with E-state index < -0.39 is 12.0 Å². The van der Waals surface area contributed by atoms with E-state index in [0.717, 1.165) is 0 Å². The summed E-state index contributed by atoms with van der Waals surface area (Å²) >= 11 is 0. The van der Waals surface area contributed by atoms with Crippen molar-refractivity contribution >= 4 is 12.0 Å². The molecular formula is C13H24N2O3. The lowest BCUT2D eigenvalue weighted by molar-refractivity contribution is -0.139. The Labute approximate surface area is 109 Å². The van der Waals surface area contributed by atoms with Crippen LogP contribution in [0.3, 0.4) is 0 Å². The SMILES string of the molecule is C=CCN(C(=O)N[C@H](CC(C)C)C(=O)O)C(C)C. The van der Waals surface area contributed by atoms with E-state index in [-0.39, 0.29) is 18.0 Å². The van der Waals surface area contributed by atoms with Crippen LogP contribution in [-0.2, 0) is 4.79 Å². The highest BCUT2D eigenvalue weighted by molar-refractivity contribution is 5.82. The zero-order valence-corrected chi connectivity index (χ0v) is 11.6. The summed E-state index contributed by atoms with van der Waals surface area (Å²) in [7, 11) is 0. The van der Waals surface area contributed by atoms with Gasteiger partial charge in [-0.1, -0.05) is 19.9 Å². The Balaban J connectivity index is 4.65. The molecule has 0 saturated heterocycles. The van der Waals surface area contributed by atoms with Crippen LogP contribution in [0.25, 0.3) is 0 Å². The number of rotatable bonds is 7. The van der Waals surface area contributed by atoms with Crippen molar-refractivity contribution in [3.05, 3.63) is 12.7 Å². The van der Waals surface area contributed by atoms with Crippen molar-refractivity contribution in [1.82, 2.24) is 10.2 Å². The van der Waals surface area contributed by atoms with Gasteiger partial charge in [0.25, 0.3) is 0 Å². The van der Waals surface area contributed by atoms with Gasteiger partial charge >= 0.3 is 12.0 Å². The van der Waals surface area contributed by atoms with Crippen LogP contribution in [0.5, 0.6) is 0 Å². The van der Waals surface area contributed by atoms with Crippen molar-refractivity contribution in [3.63, 3.8) is 0 Å². The van der Waals surface area contributed by atoms with Gasteiger partial charge in [-0.05, 0) is 26.2 Å². The first-order chi connectivity index (χ1) is 8.29. The third-order valence-corrected chi connectivity index (χ3v) is 2.51. The molecule has 0 aromatic carbocycles. The fourth-order valence-electron chi connectivity index (χ4n) is 1.59. The fraction of sp³-hybridized carbons (Fsp3) is 0.692. The molecule has 0 unspecified atom stereocenters. The second-order valence-corrected chi connectivity index (χ2v) is 5.00. The fourth-order valence-corrected chi connectivity index (χ4v) is 1.59. The average Bonchev–Trinajstić information content (AvgIpc) is 2.23. The molecule has 0 aliphatic heterocycles. The van der Waals surface area contributed by atoms with E-state index in [1.165, 1.54) is 0 Å². The molecule has 104 valence electrons. The molecule has 0 aliphatic carbocycles. The number of hydrogen-bond donors (Lipinski definition) is 2. The van der Waals surface area contributed by atoms with Crippen LogP contribution in [0.1, 0.15) is 34.1 Å². The van der Waals surface area contributed by atoms with Gasteiger partial charge in [0, 0.05) is 12.6 Å². The van der Waals surface area contributed by atoms with Crippen LogP contribution in [0.2, 0.25) is 0 Å². The molecule has 0 saturated carbocycles. The Morgan fingerprint density at radius 3 is 2.22 bits per heavy atom. The molecule has 0 aliphatic rings. The molecule has 2 N–H and O–H groups in total. The first-order valence-electron chi connectivity index (χ1n) is 6.20. The smallest absolute Gasteiger partial charge is 0.326 e. The van der Waals surface area contributed by atoms with Gasteiger partial charge in [0.05, 0.1) is 0 Å². The Morgan fingerprint density at radius 2 is 1.89 bits per heavy atom. The van der Waals surface area contributed by atoms with Crippen molar-refractivity contribution in [2.24, 2.45) is 5.92 Å². The van der Waals surface area contributed by atoms with Gasteiger partial charge in [-0.2, -0.15) is 0 Å². The van der Waals surface area contributed by atoms with Crippen molar-refractivity contribution in [2.45, 2.75) is 46.2 Å². The maximum atomic E-state index is 12.0. The summed E-state index contributed by atoms with van der Waals surface area (Å²) in [6, 6.07) is -1.21. The quantitative estimate of drug-likeness (QED) is 0.685. The lowest BCUT2D eigenvalue weighted by atomic mass is 10.0. The largest absolute Gasteiger partial charge is 0.480 e. The number of nitrogens with zero attached hydrogens (tertiary/aromatic N) is 1. The molecule has 0 aromatic heterocycles. The Morgan fingerprint density at radius 1 is 1.33 bits per heavy atom. The van der Waals surface area contributed by atoms with Gasteiger partial charge in [0.15, 0.2) is 0 Å². The van der Waals surface area contributed by atoms with Gasteiger partial charge < -0.3 is 15.3 Å². The number of carboxylic acids is 1. The molecule has 1 atom stereocenters. The van der Waals surface area contributed by atoms with E-state index in [0.29, 0.717) is 13.0 Å². The molecule has 0 heterocycles. The van der Waals surface area contributed by atoms with E-state index in [1.54, 1.807) is 11.0 Å². The third-order valence-electron chi connectivity index (χ3n) is 2.51. The number of urea groups is 1. The molecule has 5 nitrogen and oxygen atoms in total. The highest BCUT2D eigenvalue weighted by atomic mass is 16.4. The summed E-state index contributed by atoms with van der Waals surface area (Å²) in [5.41, 5.74) is 0. The predicted octanol–water partition coefficient (Wildman–Crippen LogP) is 2.09. The van der Waals surface area contributed by atoms with Gasteiger partial charge in [0.1, 0.15) is 6.04 Å². The number of carboxylic acid groups (broad SMARTS) is 1. The summed E-state index contributed by atoms with van der Waals surface area (Å²) in [6.45, 7) is 11.6. The van der Waals surface area contributed by atoms with Crippen molar-refractivity contribution in [1.29, 1.82) is 0 Å². The summed E-state index contributed by atoms with van der Waals surface area (Å²) in [4.78, 5) is 24.6. The molecule has 5 heteroatoms. The second kappa shape index (κ2) is 7.74. The molecule has 0 fully saturated rings. The van der Waals surface area contributed by atoms with Gasteiger partial charge in [-0.15, -0.1) is 6.58 Å². The third kappa shape index (κ3) is 5.70. The van der Waals surface area contributed by atoms with Crippen LogP contribution in [0.15, 0.2) is 12.7 Å². The van der Waals surface area contributed by atoms with Gasteiger partial charge in [0.2, 0.25) is 0 Å². The molecular weight excluding hydrogens is 232 g/mol. The average molecular weight is 256 g/mol. The number of aliphatic carboxylic acids is 1.